The van der Waals surface area contributed by atoms with Crippen LogP contribution in [0.5, 0.6) is 5.75 Å². The van der Waals surface area contributed by atoms with Crippen LogP contribution in [0, 0.1) is 13.8 Å². The topological polar surface area (TPSA) is 46.6 Å². The average Bonchev–Trinajstić information content (AvgIpc) is 2.41. The molecule has 0 radical (unpaired) electrons. The van der Waals surface area contributed by atoms with Gasteiger partial charge in [0.25, 0.3) is 0 Å². The molecule has 1 aromatic carbocycles. The molecule has 1 aliphatic rings. The number of methoxy groups -OCH3 is 1. The van der Waals surface area contributed by atoms with Gasteiger partial charge in [0.15, 0.2) is 0 Å². The first-order chi connectivity index (χ1) is 9.37. The van der Waals surface area contributed by atoms with Crippen LogP contribution in [-0.2, 0) is 10.0 Å². The maximum atomic E-state index is 12.9. The van der Waals surface area contributed by atoms with Crippen molar-refractivity contribution < 1.29 is 13.2 Å². The van der Waals surface area contributed by atoms with Crippen molar-refractivity contribution in [1.29, 1.82) is 0 Å². The van der Waals surface area contributed by atoms with Gasteiger partial charge >= 0.3 is 0 Å². The summed E-state index contributed by atoms with van der Waals surface area (Å²) in [6, 6.07) is 3.59. The summed E-state index contributed by atoms with van der Waals surface area (Å²) >= 11 is 0. The molecule has 20 heavy (non-hydrogen) atoms. The highest BCUT2D eigenvalue weighted by molar-refractivity contribution is 7.89. The van der Waals surface area contributed by atoms with Crippen molar-refractivity contribution in [3.8, 4) is 5.75 Å². The standard InChI is InChI=1S/C15H23NO3S/c1-11-9-14(19-4)15(10-12(11)2)20(17,18)16-8-6-5-7-13(16)3/h9-10,13H,5-8H2,1-4H3. The summed E-state index contributed by atoms with van der Waals surface area (Å²) in [6.45, 7) is 6.45. The van der Waals surface area contributed by atoms with Crippen LogP contribution >= 0.6 is 0 Å². The fourth-order valence-corrected chi connectivity index (χ4v) is 4.60. The summed E-state index contributed by atoms with van der Waals surface area (Å²) < 4.78 is 32.7. The van der Waals surface area contributed by atoms with Gasteiger partial charge in [0.05, 0.1) is 7.11 Å². The molecule has 4 nitrogen and oxygen atoms in total. The number of nitrogens with zero attached hydrogens (tertiary/aromatic N) is 1. The van der Waals surface area contributed by atoms with Gasteiger partial charge in [-0.05, 0) is 56.9 Å². The molecule has 0 aliphatic carbocycles. The summed E-state index contributed by atoms with van der Waals surface area (Å²) in [5.41, 5.74) is 2.00. The molecule has 5 heteroatoms. The summed E-state index contributed by atoms with van der Waals surface area (Å²) in [5.74, 6) is 0.436. The van der Waals surface area contributed by atoms with E-state index in [-0.39, 0.29) is 10.9 Å². The number of hydrogen-bond donors (Lipinski definition) is 0. The second-order valence-electron chi connectivity index (χ2n) is 5.55. The lowest BCUT2D eigenvalue weighted by atomic mass is 10.1. The van der Waals surface area contributed by atoms with Crippen molar-refractivity contribution in [3.63, 3.8) is 0 Å². The first-order valence-corrected chi connectivity index (χ1v) is 8.49. The Morgan fingerprint density at radius 1 is 1.20 bits per heavy atom. The van der Waals surface area contributed by atoms with Gasteiger partial charge in [0.1, 0.15) is 10.6 Å². The van der Waals surface area contributed by atoms with Crippen LogP contribution in [0.2, 0.25) is 0 Å². The lowest BCUT2D eigenvalue weighted by molar-refractivity contribution is 0.267. The van der Waals surface area contributed by atoms with Gasteiger partial charge in [0.2, 0.25) is 10.0 Å². The van der Waals surface area contributed by atoms with E-state index in [1.165, 1.54) is 7.11 Å². The van der Waals surface area contributed by atoms with Crippen molar-refractivity contribution in [1.82, 2.24) is 4.31 Å². The molecule has 0 aromatic heterocycles. The Morgan fingerprint density at radius 2 is 1.85 bits per heavy atom. The highest BCUT2D eigenvalue weighted by Gasteiger charge is 2.33. The SMILES string of the molecule is COc1cc(C)c(C)cc1S(=O)(=O)N1CCCCC1C. The summed E-state index contributed by atoms with van der Waals surface area (Å²) in [6.07, 6.45) is 2.94. The largest absolute Gasteiger partial charge is 0.495 e. The van der Waals surface area contributed by atoms with Crippen molar-refractivity contribution in [3.05, 3.63) is 23.3 Å². The molecule has 0 amide bonds. The quantitative estimate of drug-likeness (QED) is 0.862. The van der Waals surface area contributed by atoms with Crippen LogP contribution in [0.1, 0.15) is 37.3 Å². The van der Waals surface area contributed by atoms with Gasteiger partial charge in [-0.25, -0.2) is 8.42 Å². The Labute approximate surface area is 121 Å². The van der Waals surface area contributed by atoms with Gasteiger partial charge in [-0.3, -0.25) is 0 Å². The number of aryl methyl sites for hydroxylation is 2. The molecule has 1 saturated heterocycles. The summed E-state index contributed by atoms with van der Waals surface area (Å²) in [4.78, 5) is 0.289. The van der Waals surface area contributed by atoms with Crippen molar-refractivity contribution in [2.75, 3.05) is 13.7 Å². The fraction of sp³-hybridized carbons (Fsp3) is 0.600. The molecule has 1 fully saturated rings. The van der Waals surface area contributed by atoms with Crippen molar-refractivity contribution >= 4 is 10.0 Å². The van der Waals surface area contributed by atoms with E-state index in [1.54, 1.807) is 16.4 Å². The van der Waals surface area contributed by atoms with E-state index in [1.807, 2.05) is 20.8 Å². The Bertz CT molecular complexity index is 595. The Hall–Kier alpha value is -1.07. The van der Waals surface area contributed by atoms with Gasteiger partial charge in [-0.2, -0.15) is 4.31 Å². The molecule has 1 atom stereocenters. The lowest BCUT2D eigenvalue weighted by Crippen LogP contribution is -2.42. The smallest absolute Gasteiger partial charge is 0.247 e. The summed E-state index contributed by atoms with van der Waals surface area (Å²) in [7, 11) is -1.97. The minimum atomic E-state index is -3.48. The molecule has 0 bridgehead atoms. The molecule has 2 rings (SSSR count). The van der Waals surface area contributed by atoms with Crippen LogP contribution in [0.15, 0.2) is 17.0 Å². The van der Waals surface area contributed by atoms with E-state index in [4.69, 9.17) is 4.74 Å². The van der Waals surface area contributed by atoms with Gasteiger partial charge < -0.3 is 4.74 Å². The molecule has 1 unspecified atom stereocenters. The van der Waals surface area contributed by atoms with E-state index in [9.17, 15) is 8.42 Å². The minimum absolute atomic E-state index is 0.0556. The molecular formula is C15H23NO3S. The number of ether oxygens (including phenoxy) is 1. The highest BCUT2D eigenvalue weighted by Crippen LogP contribution is 2.32. The van der Waals surface area contributed by atoms with Crippen molar-refractivity contribution in [2.45, 2.75) is 51.0 Å². The zero-order valence-corrected chi connectivity index (χ0v) is 13.5. The molecule has 1 aromatic rings. The zero-order valence-electron chi connectivity index (χ0n) is 12.6. The summed E-state index contributed by atoms with van der Waals surface area (Å²) in [5, 5.41) is 0. The van der Waals surface area contributed by atoms with Crippen molar-refractivity contribution in [2.24, 2.45) is 0 Å². The van der Waals surface area contributed by atoms with E-state index in [2.05, 4.69) is 0 Å². The second-order valence-corrected chi connectivity index (χ2v) is 7.41. The third-order valence-electron chi connectivity index (χ3n) is 4.11. The first-order valence-electron chi connectivity index (χ1n) is 7.05. The minimum Gasteiger partial charge on any atom is -0.495 e. The maximum Gasteiger partial charge on any atom is 0.247 e. The molecular weight excluding hydrogens is 274 g/mol. The van der Waals surface area contributed by atoms with E-state index < -0.39 is 10.0 Å². The van der Waals surface area contributed by atoms with Crippen LogP contribution in [-0.4, -0.2) is 32.4 Å². The third-order valence-corrected chi connectivity index (χ3v) is 6.14. The highest BCUT2D eigenvalue weighted by atomic mass is 32.2. The maximum absolute atomic E-state index is 12.9. The van der Waals surface area contributed by atoms with E-state index in [0.717, 1.165) is 30.4 Å². The molecule has 1 heterocycles. The molecule has 0 N–H and O–H groups in total. The predicted molar refractivity (Wildman–Crippen MR) is 79.7 cm³/mol. The normalized spacial score (nSPS) is 20.9. The number of benzene rings is 1. The Morgan fingerprint density at radius 3 is 2.45 bits per heavy atom. The molecule has 1 aliphatic heterocycles. The predicted octanol–water partition coefficient (Wildman–Crippen LogP) is 2.88. The number of rotatable bonds is 3. The Balaban J connectivity index is 2.51. The first kappa shape index (κ1) is 15.3. The van der Waals surface area contributed by atoms with Crippen LogP contribution in [0.25, 0.3) is 0 Å². The molecule has 0 saturated carbocycles. The Kier molecular flexibility index (Phi) is 4.39. The van der Waals surface area contributed by atoms with Gasteiger partial charge in [-0.15, -0.1) is 0 Å². The number of sulfonamides is 1. The zero-order chi connectivity index (χ0) is 14.9. The van der Waals surface area contributed by atoms with E-state index in [0.29, 0.717) is 12.3 Å². The molecule has 0 spiro atoms. The third kappa shape index (κ3) is 2.69. The van der Waals surface area contributed by atoms with E-state index >= 15 is 0 Å². The molecule has 112 valence electrons. The lowest BCUT2D eigenvalue weighted by Gasteiger charge is -2.32. The second kappa shape index (κ2) is 5.74. The van der Waals surface area contributed by atoms with Crippen LogP contribution in [0.3, 0.4) is 0 Å². The van der Waals surface area contributed by atoms with Crippen LogP contribution < -0.4 is 4.74 Å². The van der Waals surface area contributed by atoms with Crippen LogP contribution in [0.4, 0.5) is 0 Å². The number of piperidine rings is 1. The van der Waals surface area contributed by atoms with Gasteiger partial charge in [0, 0.05) is 12.6 Å². The monoisotopic (exact) mass is 297 g/mol. The number of hydrogen-bond acceptors (Lipinski definition) is 3. The fourth-order valence-electron chi connectivity index (χ4n) is 2.68. The van der Waals surface area contributed by atoms with Gasteiger partial charge in [-0.1, -0.05) is 6.42 Å². The average molecular weight is 297 g/mol.